The monoisotopic (exact) mass is 694 g/mol. The van der Waals surface area contributed by atoms with E-state index >= 15 is 0 Å². The second-order valence-corrected chi connectivity index (χ2v) is 9.48. The molecule has 12 nitrogen and oxygen atoms in total. The predicted octanol–water partition coefficient (Wildman–Crippen LogP) is 3.59. The van der Waals surface area contributed by atoms with Gasteiger partial charge >= 0.3 is 36.4 Å². The lowest BCUT2D eigenvalue weighted by atomic mass is 10.0. The molecule has 0 spiro atoms. The average molecular weight is 695 g/mol. The third-order valence-corrected chi connectivity index (χ3v) is 6.12. The Morgan fingerprint density at radius 2 is 1.40 bits per heavy atom. The molecule has 4 heterocycles. The molecule has 2 aromatic rings. The number of likely N-dealkylation sites (tertiary alicyclic amines) is 1. The number of halogens is 9. The van der Waals surface area contributed by atoms with E-state index in [-0.39, 0.29) is 17.9 Å². The highest BCUT2D eigenvalue weighted by atomic mass is 19.4. The fourth-order valence-corrected chi connectivity index (χ4v) is 3.98. The summed E-state index contributed by atoms with van der Waals surface area (Å²) in [5, 5.41) is 24.4. The quantitative estimate of drug-likeness (QED) is 0.336. The molecule has 2 aromatic heterocycles. The van der Waals surface area contributed by atoms with Crippen molar-refractivity contribution in [3.8, 4) is 0 Å². The topological polar surface area (TPSA) is 179 Å². The number of rotatable bonds is 5. The van der Waals surface area contributed by atoms with E-state index < -0.39 is 36.4 Å². The number of carboxylic acid groups (broad SMARTS) is 3. The largest absolute Gasteiger partial charge is 0.490 e. The Morgan fingerprint density at radius 1 is 0.894 bits per heavy atom. The van der Waals surface area contributed by atoms with Crippen molar-refractivity contribution in [3.05, 3.63) is 59.7 Å². The van der Waals surface area contributed by atoms with Crippen molar-refractivity contribution in [2.75, 3.05) is 13.2 Å². The van der Waals surface area contributed by atoms with Crippen molar-refractivity contribution >= 4 is 23.8 Å². The summed E-state index contributed by atoms with van der Waals surface area (Å²) in [6.45, 7) is 4.78. The van der Waals surface area contributed by atoms with Gasteiger partial charge in [-0.05, 0) is 36.6 Å². The molecular formula is C26H27F9N4O8. The van der Waals surface area contributed by atoms with E-state index in [2.05, 4.69) is 33.2 Å². The fraction of sp³-hybridized carbons (Fsp3) is 0.462. The smallest absolute Gasteiger partial charge is 0.475 e. The summed E-state index contributed by atoms with van der Waals surface area (Å²) < 4.78 is 101. The first-order chi connectivity index (χ1) is 21.6. The number of carbonyl (C=O) groups is 4. The van der Waals surface area contributed by atoms with Gasteiger partial charge in [0.1, 0.15) is 0 Å². The maximum atomic E-state index is 12.8. The van der Waals surface area contributed by atoms with Gasteiger partial charge in [-0.25, -0.2) is 14.4 Å². The van der Waals surface area contributed by atoms with Crippen molar-refractivity contribution in [2.45, 2.75) is 57.1 Å². The normalized spacial score (nSPS) is 19.0. The molecule has 2 saturated heterocycles. The number of aryl methyl sites for hydroxylation is 1. The number of nitrogens with zero attached hydrogens (tertiary/aromatic N) is 3. The van der Waals surface area contributed by atoms with Crippen LogP contribution >= 0.6 is 0 Å². The summed E-state index contributed by atoms with van der Waals surface area (Å²) >= 11 is 0. The summed E-state index contributed by atoms with van der Waals surface area (Å²) in [5.74, 6) is -8.35. The molecule has 3 atom stereocenters. The first-order valence-corrected chi connectivity index (χ1v) is 12.9. The van der Waals surface area contributed by atoms with E-state index in [1.54, 1.807) is 12.4 Å². The van der Waals surface area contributed by atoms with Crippen LogP contribution in [0.25, 0.3) is 0 Å². The van der Waals surface area contributed by atoms with E-state index in [1.165, 1.54) is 5.56 Å². The van der Waals surface area contributed by atoms with Crippen molar-refractivity contribution in [1.29, 1.82) is 0 Å². The Morgan fingerprint density at radius 3 is 1.85 bits per heavy atom. The fourth-order valence-electron chi connectivity index (χ4n) is 3.98. The van der Waals surface area contributed by atoms with E-state index in [0.29, 0.717) is 19.1 Å². The summed E-state index contributed by atoms with van der Waals surface area (Å²) in [6, 6.07) is 8.18. The molecule has 0 radical (unpaired) electrons. The number of fused-ring (bicyclic) bond motifs is 1. The van der Waals surface area contributed by atoms with Gasteiger partial charge in [0.05, 0.1) is 17.7 Å². The molecule has 1 amide bonds. The minimum atomic E-state index is -5.08. The summed E-state index contributed by atoms with van der Waals surface area (Å²) in [7, 11) is 0. The number of nitrogens with one attached hydrogen (secondary N) is 1. The highest BCUT2D eigenvalue weighted by Crippen LogP contribution is 2.34. The van der Waals surface area contributed by atoms with Crippen LogP contribution in [-0.2, 0) is 37.0 Å². The van der Waals surface area contributed by atoms with Crippen LogP contribution in [-0.4, -0.2) is 97.8 Å². The van der Waals surface area contributed by atoms with Crippen LogP contribution in [0.5, 0.6) is 0 Å². The number of carbonyl (C=O) groups excluding carboxylic acids is 1. The molecule has 21 heteroatoms. The summed E-state index contributed by atoms with van der Waals surface area (Å²) in [4.78, 5) is 50.4. The first kappa shape index (κ1) is 40.5. The van der Waals surface area contributed by atoms with Gasteiger partial charge in [0.2, 0.25) is 5.91 Å². The number of hydrogen-bond acceptors (Lipinski definition) is 8. The zero-order chi connectivity index (χ0) is 36.2. The number of aliphatic carboxylic acids is 3. The Hall–Kier alpha value is -4.53. The van der Waals surface area contributed by atoms with Gasteiger partial charge in [-0.1, -0.05) is 12.1 Å². The van der Waals surface area contributed by atoms with Crippen molar-refractivity contribution in [2.24, 2.45) is 5.92 Å². The van der Waals surface area contributed by atoms with Gasteiger partial charge in [0.25, 0.3) is 0 Å². The Labute approximate surface area is 259 Å². The average Bonchev–Trinajstić information content (AvgIpc) is 3.57. The van der Waals surface area contributed by atoms with Crippen molar-refractivity contribution in [1.82, 2.24) is 20.2 Å². The highest BCUT2D eigenvalue weighted by Gasteiger charge is 2.48. The van der Waals surface area contributed by atoms with Gasteiger partial charge in [0, 0.05) is 50.9 Å². The van der Waals surface area contributed by atoms with E-state index in [9.17, 15) is 44.3 Å². The molecule has 262 valence electrons. The maximum absolute atomic E-state index is 12.8. The van der Waals surface area contributed by atoms with Crippen molar-refractivity contribution < 1.29 is 78.7 Å². The van der Waals surface area contributed by atoms with Gasteiger partial charge in [0.15, 0.2) is 0 Å². The van der Waals surface area contributed by atoms with Crippen LogP contribution in [0.4, 0.5) is 39.5 Å². The Kier molecular flexibility index (Phi) is 15.0. The summed E-state index contributed by atoms with van der Waals surface area (Å²) in [5.41, 5.74) is 3.27. The lowest BCUT2D eigenvalue weighted by Crippen LogP contribution is -2.37. The number of alkyl halides is 9. The lowest BCUT2D eigenvalue weighted by Gasteiger charge is -2.22. The Balaban J connectivity index is 0.000000430. The molecular weight excluding hydrogens is 667 g/mol. The Bertz CT molecular complexity index is 1290. The molecule has 2 aliphatic heterocycles. The third kappa shape index (κ3) is 14.2. The molecule has 0 bridgehead atoms. The predicted molar refractivity (Wildman–Crippen MR) is 138 cm³/mol. The zero-order valence-electron chi connectivity index (χ0n) is 23.9. The van der Waals surface area contributed by atoms with Crippen LogP contribution in [0.1, 0.15) is 23.2 Å². The van der Waals surface area contributed by atoms with E-state index in [1.807, 2.05) is 24.4 Å². The molecule has 2 fully saturated rings. The second kappa shape index (κ2) is 17.4. The number of pyridine rings is 2. The first-order valence-electron chi connectivity index (χ1n) is 12.9. The van der Waals surface area contributed by atoms with Gasteiger partial charge < -0.3 is 25.4 Å². The SMILES string of the molecule is Cc1cccnc1CN1C[C@H](C(=O)NCc2cccnc2)[C@H]2OCC[C@H]21.O=C(O)C(F)(F)F.O=C(O)C(F)(F)F.O=C(O)C(F)(F)F. The number of amides is 1. The molecule has 0 saturated carbocycles. The number of aromatic nitrogens is 2. The minimum absolute atomic E-state index is 0.0204. The standard InChI is InChI=1S/C20H24N4O2.3C2HF3O2/c1-14-4-2-8-22-17(14)13-24-12-16(19-18(24)6-9-26-19)20(25)23-11-15-5-3-7-21-10-15;3*3-2(4,5)1(6)7/h2-5,7-8,10,16,18-19H,6,9,11-13H2,1H3,(H,23,25);3*(H,6,7)/t16-,18+,19+;;;/m0.../s1. The molecule has 47 heavy (non-hydrogen) atoms. The van der Waals surface area contributed by atoms with E-state index in [4.69, 9.17) is 34.4 Å². The number of carboxylic acids is 3. The number of ether oxygens (including phenoxy) is 1. The molecule has 2 aliphatic rings. The molecule has 4 rings (SSSR count). The maximum Gasteiger partial charge on any atom is 0.490 e. The third-order valence-electron chi connectivity index (χ3n) is 6.12. The van der Waals surface area contributed by atoms with Gasteiger partial charge in [-0.2, -0.15) is 39.5 Å². The second-order valence-electron chi connectivity index (χ2n) is 9.48. The van der Waals surface area contributed by atoms with Crippen LogP contribution < -0.4 is 5.32 Å². The highest BCUT2D eigenvalue weighted by molar-refractivity contribution is 5.80. The van der Waals surface area contributed by atoms with Crippen LogP contribution in [0.15, 0.2) is 42.9 Å². The molecule has 0 aromatic carbocycles. The van der Waals surface area contributed by atoms with Gasteiger partial charge in [-0.3, -0.25) is 19.7 Å². The minimum Gasteiger partial charge on any atom is -0.475 e. The van der Waals surface area contributed by atoms with Gasteiger partial charge in [-0.15, -0.1) is 0 Å². The van der Waals surface area contributed by atoms with Crippen LogP contribution in [0.3, 0.4) is 0 Å². The molecule has 0 aliphatic carbocycles. The van der Waals surface area contributed by atoms with Crippen molar-refractivity contribution in [3.63, 3.8) is 0 Å². The lowest BCUT2D eigenvalue weighted by molar-refractivity contribution is -0.193. The molecule has 4 N–H and O–H groups in total. The summed E-state index contributed by atoms with van der Waals surface area (Å²) in [6.07, 6.45) is -8.95. The molecule has 0 unspecified atom stereocenters. The van der Waals surface area contributed by atoms with E-state index in [0.717, 1.165) is 30.8 Å². The van der Waals surface area contributed by atoms with Crippen LogP contribution in [0.2, 0.25) is 0 Å². The number of hydrogen-bond donors (Lipinski definition) is 4. The van der Waals surface area contributed by atoms with Crippen LogP contribution in [0, 0.1) is 12.8 Å². The zero-order valence-corrected chi connectivity index (χ0v) is 23.9.